The van der Waals surface area contributed by atoms with Gasteiger partial charge in [-0.25, -0.2) is 4.98 Å². The number of nitrogens with one attached hydrogen (secondary N) is 1. The Morgan fingerprint density at radius 3 is 2.78 bits per heavy atom. The van der Waals surface area contributed by atoms with Crippen LogP contribution in [-0.2, 0) is 0 Å². The second-order valence-corrected chi connectivity index (χ2v) is 5.33. The first-order valence-corrected chi connectivity index (χ1v) is 7.30. The Labute approximate surface area is 131 Å². The van der Waals surface area contributed by atoms with Crippen molar-refractivity contribution in [1.29, 1.82) is 0 Å². The van der Waals surface area contributed by atoms with Crippen molar-refractivity contribution in [2.75, 3.05) is 31.1 Å². The first-order valence-electron chi connectivity index (χ1n) is 7.30. The number of aromatic amines is 1. The standard InChI is InChI=1S/C13H15N9O/c1-9-16-18-12-11(14-2-3-22(9)12)20-4-6-21(7-5-20)13(23)10-8-15-19-17-10/h2-3,8H,4-7H2,1H3,(H,15,17,19). The van der Waals surface area contributed by atoms with Crippen LogP contribution in [0.15, 0.2) is 18.6 Å². The van der Waals surface area contributed by atoms with E-state index in [9.17, 15) is 4.79 Å². The van der Waals surface area contributed by atoms with Crippen molar-refractivity contribution in [2.45, 2.75) is 6.92 Å². The molecule has 0 saturated carbocycles. The predicted molar refractivity (Wildman–Crippen MR) is 80.0 cm³/mol. The lowest BCUT2D eigenvalue weighted by Gasteiger charge is -2.34. The van der Waals surface area contributed by atoms with Gasteiger partial charge in [-0.2, -0.15) is 15.4 Å². The maximum absolute atomic E-state index is 12.3. The van der Waals surface area contributed by atoms with E-state index in [1.54, 1.807) is 11.1 Å². The number of H-pyrrole nitrogens is 1. The van der Waals surface area contributed by atoms with Crippen LogP contribution < -0.4 is 4.90 Å². The van der Waals surface area contributed by atoms with Gasteiger partial charge < -0.3 is 9.80 Å². The van der Waals surface area contributed by atoms with Gasteiger partial charge in [0.1, 0.15) is 5.82 Å². The number of rotatable bonds is 2. The van der Waals surface area contributed by atoms with Crippen molar-refractivity contribution in [2.24, 2.45) is 0 Å². The number of anilines is 1. The molecule has 1 aliphatic rings. The molecule has 0 unspecified atom stereocenters. The summed E-state index contributed by atoms with van der Waals surface area (Å²) >= 11 is 0. The van der Waals surface area contributed by atoms with E-state index in [4.69, 9.17) is 0 Å². The molecule has 1 amide bonds. The summed E-state index contributed by atoms with van der Waals surface area (Å²) in [6.07, 6.45) is 5.03. The zero-order valence-corrected chi connectivity index (χ0v) is 12.5. The van der Waals surface area contributed by atoms with Gasteiger partial charge >= 0.3 is 0 Å². The Bertz CT molecular complexity index is 832. The first-order chi connectivity index (χ1) is 11.2. The van der Waals surface area contributed by atoms with E-state index in [-0.39, 0.29) is 5.91 Å². The summed E-state index contributed by atoms with van der Waals surface area (Å²) in [6.45, 7) is 4.46. The summed E-state index contributed by atoms with van der Waals surface area (Å²) in [4.78, 5) is 20.6. The lowest BCUT2D eigenvalue weighted by molar-refractivity contribution is 0.0740. The molecule has 4 rings (SSSR count). The number of piperazine rings is 1. The van der Waals surface area contributed by atoms with Gasteiger partial charge in [-0.3, -0.25) is 9.20 Å². The molecule has 0 aromatic carbocycles. The minimum Gasteiger partial charge on any atom is -0.350 e. The number of aryl methyl sites for hydroxylation is 1. The van der Waals surface area contributed by atoms with Crippen LogP contribution in [0.1, 0.15) is 16.3 Å². The Morgan fingerprint density at radius 1 is 1.22 bits per heavy atom. The molecule has 1 fully saturated rings. The van der Waals surface area contributed by atoms with Crippen LogP contribution in [0.2, 0.25) is 0 Å². The van der Waals surface area contributed by atoms with Crippen LogP contribution in [0, 0.1) is 6.92 Å². The van der Waals surface area contributed by atoms with Crippen molar-refractivity contribution in [3.05, 3.63) is 30.1 Å². The largest absolute Gasteiger partial charge is 0.350 e. The predicted octanol–water partition coefficient (Wildman–Crippen LogP) is -0.487. The number of nitrogens with zero attached hydrogens (tertiary/aromatic N) is 8. The van der Waals surface area contributed by atoms with E-state index in [1.807, 2.05) is 17.5 Å². The minimum atomic E-state index is -0.108. The molecule has 23 heavy (non-hydrogen) atoms. The molecule has 0 radical (unpaired) electrons. The highest BCUT2D eigenvalue weighted by atomic mass is 16.2. The smallest absolute Gasteiger partial charge is 0.276 e. The van der Waals surface area contributed by atoms with Gasteiger partial charge in [0.05, 0.1) is 6.20 Å². The van der Waals surface area contributed by atoms with E-state index in [1.165, 1.54) is 6.20 Å². The first kappa shape index (κ1) is 13.6. The van der Waals surface area contributed by atoms with Crippen molar-refractivity contribution >= 4 is 17.4 Å². The van der Waals surface area contributed by atoms with Gasteiger partial charge in [-0.05, 0) is 6.92 Å². The van der Waals surface area contributed by atoms with Gasteiger partial charge in [0.15, 0.2) is 11.5 Å². The fraction of sp³-hybridized carbons (Fsp3) is 0.385. The summed E-state index contributed by atoms with van der Waals surface area (Å²) in [5.74, 6) is 1.51. The van der Waals surface area contributed by atoms with E-state index < -0.39 is 0 Å². The summed E-state index contributed by atoms with van der Waals surface area (Å²) < 4.78 is 1.91. The molecule has 10 nitrogen and oxygen atoms in total. The number of carbonyl (C=O) groups is 1. The average molecular weight is 313 g/mol. The highest BCUT2D eigenvalue weighted by Gasteiger charge is 2.25. The molecular formula is C13H15N9O. The van der Waals surface area contributed by atoms with Gasteiger partial charge in [0, 0.05) is 38.6 Å². The van der Waals surface area contributed by atoms with Crippen molar-refractivity contribution in [3.63, 3.8) is 0 Å². The molecule has 118 valence electrons. The molecule has 10 heteroatoms. The Balaban J connectivity index is 1.52. The number of aromatic nitrogens is 7. The SMILES string of the molecule is Cc1nnc2c(N3CCN(C(=O)c4cn[nH]n4)CC3)nccn12. The summed E-state index contributed by atoms with van der Waals surface area (Å²) in [5, 5.41) is 18.3. The lowest BCUT2D eigenvalue weighted by Crippen LogP contribution is -2.49. The molecule has 0 spiro atoms. The summed E-state index contributed by atoms with van der Waals surface area (Å²) in [5.41, 5.74) is 1.08. The highest BCUT2D eigenvalue weighted by molar-refractivity contribution is 5.92. The van der Waals surface area contributed by atoms with Crippen LogP contribution in [0.5, 0.6) is 0 Å². The number of hydrogen-bond donors (Lipinski definition) is 1. The van der Waals surface area contributed by atoms with Crippen LogP contribution in [0.3, 0.4) is 0 Å². The second-order valence-electron chi connectivity index (χ2n) is 5.33. The molecule has 0 bridgehead atoms. The molecule has 1 N–H and O–H groups in total. The quantitative estimate of drug-likeness (QED) is 0.680. The third kappa shape index (κ3) is 2.28. The van der Waals surface area contributed by atoms with E-state index in [0.717, 1.165) is 17.3 Å². The normalized spacial score (nSPS) is 15.3. The Kier molecular flexibility index (Phi) is 3.14. The van der Waals surface area contributed by atoms with Crippen LogP contribution in [0.4, 0.5) is 5.82 Å². The van der Waals surface area contributed by atoms with Crippen LogP contribution in [0.25, 0.3) is 5.65 Å². The molecule has 3 aromatic rings. The lowest BCUT2D eigenvalue weighted by atomic mass is 10.3. The molecule has 1 saturated heterocycles. The molecule has 0 atom stereocenters. The van der Waals surface area contributed by atoms with E-state index >= 15 is 0 Å². The Morgan fingerprint density at radius 2 is 2.04 bits per heavy atom. The van der Waals surface area contributed by atoms with Gasteiger partial charge in [-0.1, -0.05) is 0 Å². The number of carbonyl (C=O) groups excluding carboxylic acids is 1. The average Bonchev–Trinajstić information content (AvgIpc) is 3.25. The highest BCUT2D eigenvalue weighted by Crippen LogP contribution is 2.19. The zero-order valence-electron chi connectivity index (χ0n) is 12.5. The third-order valence-corrected chi connectivity index (χ3v) is 3.98. The van der Waals surface area contributed by atoms with E-state index in [0.29, 0.717) is 31.9 Å². The van der Waals surface area contributed by atoms with Crippen LogP contribution >= 0.6 is 0 Å². The van der Waals surface area contributed by atoms with Gasteiger partial charge in [0.25, 0.3) is 5.91 Å². The third-order valence-electron chi connectivity index (χ3n) is 3.98. The van der Waals surface area contributed by atoms with Crippen molar-refractivity contribution in [1.82, 2.24) is 39.9 Å². The topological polar surface area (TPSA) is 108 Å². The zero-order chi connectivity index (χ0) is 15.8. The number of amides is 1. The van der Waals surface area contributed by atoms with Crippen molar-refractivity contribution < 1.29 is 4.79 Å². The molecule has 4 heterocycles. The number of hydrogen-bond acceptors (Lipinski definition) is 7. The minimum absolute atomic E-state index is 0.108. The van der Waals surface area contributed by atoms with Crippen LogP contribution in [-0.4, -0.2) is 72.0 Å². The molecule has 0 aliphatic carbocycles. The van der Waals surface area contributed by atoms with E-state index in [2.05, 4.69) is 35.5 Å². The maximum Gasteiger partial charge on any atom is 0.276 e. The Hall–Kier alpha value is -3.04. The number of fused-ring (bicyclic) bond motifs is 1. The monoisotopic (exact) mass is 313 g/mol. The molecule has 3 aromatic heterocycles. The second kappa shape index (κ2) is 5.30. The fourth-order valence-electron chi connectivity index (χ4n) is 2.74. The van der Waals surface area contributed by atoms with Gasteiger partial charge in [-0.15, -0.1) is 10.2 Å². The molecule has 1 aliphatic heterocycles. The summed E-state index contributed by atoms with van der Waals surface area (Å²) in [6, 6.07) is 0. The molecular weight excluding hydrogens is 298 g/mol. The fourth-order valence-corrected chi connectivity index (χ4v) is 2.74. The summed E-state index contributed by atoms with van der Waals surface area (Å²) in [7, 11) is 0. The van der Waals surface area contributed by atoms with Crippen molar-refractivity contribution in [3.8, 4) is 0 Å². The maximum atomic E-state index is 12.3. The van der Waals surface area contributed by atoms with Gasteiger partial charge in [0.2, 0.25) is 5.65 Å².